The zero-order valence-electron chi connectivity index (χ0n) is 13.0. The van der Waals surface area contributed by atoms with Crippen molar-refractivity contribution in [3.63, 3.8) is 0 Å². The monoisotopic (exact) mass is 326 g/mol. The van der Waals surface area contributed by atoms with Gasteiger partial charge in [0.25, 0.3) is 0 Å². The predicted octanol–water partition coefficient (Wildman–Crippen LogP) is 5.65. The lowest BCUT2D eigenvalue weighted by molar-refractivity contribution is 0.278. The molecule has 0 radical (unpaired) electrons. The molecule has 0 N–H and O–H groups in total. The maximum absolute atomic E-state index is 13.2. The molecule has 0 aliphatic rings. The van der Waals surface area contributed by atoms with E-state index in [-0.39, 0.29) is 6.16 Å². The molecule has 3 aromatic carbocycles. The van der Waals surface area contributed by atoms with Crippen LogP contribution in [-0.2, 0) is 15.3 Å². The largest absolute Gasteiger partial charge is 0.424 e. The summed E-state index contributed by atoms with van der Waals surface area (Å²) in [4.78, 5) is 0. The van der Waals surface area contributed by atoms with Gasteiger partial charge in [-0.05, 0) is 35.4 Å². The Morgan fingerprint density at radius 3 is 2.35 bits per heavy atom. The molecule has 3 aromatic rings. The minimum absolute atomic E-state index is 0.247. The van der Waals surface area contributed by atoms with Gasteiger partial charge < -0.3 is 4.52 Å². The van der Waals surface area contributed by atoms with Crippen LogP contribution in [0.1, 0.15) is 12.5 Å². The lowest BCUT2D eigenvalue weighted by atomic mass is 10.1. The average molecular weight is 326 g/mol. The summed E-state index contributed by atoms with van der Waals surface area (Å²) in [5, 5.41) is 2.19. The van der Waals surface area contributed by atoms with Crippen LogP contribution in [0.5, 0.6) is 5.75 Å². The molecule has 3 nitrogen and oxygen atoms in total. The average Bonchev–Trinajstić information content (AvgIpc) is 2.56. The van der Waals surface area contributed by atoms with Crippen molar-refractivity contribution < 1.29 is 13.6 Å². The summed E-state index contributed by atoms with van der Waals surface area (Å²) in [6.07, 6.45) is 0.247. The maximum atomic E-state index is 13.2. The first-order chi connectivity index (χ1) is 11.2. The predicted molar refractivity (Wildman–Crippen MR) is 94.0 cm³/mol. The molecule has 0 fully saturated rings. The van der Waals surface area contributed by atoms with E-state index < -0.39 is 7.60 Å². The zero-order valence-corrected chi connectivity index (χ0v) is 13.9. The van der Waals surface area contributed by atoms with Gasteiger partial charge in [0.05, 0.1) is 12.8 Å². The van der Waals surface area contributed by atoms with Gasteiger partial charge in [0, 0.05) is 0 Å². The molecule has 3 rings (SSSR count). The first kappa shape index (κ1) is 15.8. The van der Waals surface area contributed by atoms with E-state index in [1.165, 1.54) is 0 Å². The quantitative estimate of drug-likeness (QED) is 0.549. The fourth-order valence-electron chi connectivity index (χ4n) is 2.58. The summed E-state index contributed by atoms with van der Waals surface area (Å²) in [6, 6.07) is 23.2. The Labute approximate surface area is 136 Å². The number of rotatable bonds is 6. The standard InChI is InChI=1S/C19H19O3P/c1-2-21-23(20,22-18-12-4-3-5-13-18)15-17-11-8-10-16-9-6-7-14-19(16)17/h3-14H,2,15H2,1H3. The van der Waals surface area contributed by atoms with Crippen LogP contribution in [0.2, 0.25) is 0 Å². The van der Waals surface area contributed by atoms with Crippen LogP contribution in [0.25, 0.3) is 10.8 Å². The van der Waals surface area contributed by atoms with Crippen LogP contribution in [-0.4, -0.2) is 6.61 Å². The highest BCUT2D eigenvalue weighted by Crippen LogP contribution is 2.52. The molecule has 1 atom stereocenters. The molecule has 0 aliphatic carbocycles. The smallest absolute Gasteiger partial charge is 0.383 e. The van der Waals surface area contributed by atoms with Crippen molar-refractivity contribution in [2.45, 2.75) is 13.1 Å². The molecule has 118 valence electrons. The van der Waals surface area contributed by atoms with Crippen LogP contribution in [0.4, 0.5) is 0 Å². The Morgan fingerprint density at radius 1 is 0.870 bits per heavy atom. The van der Waals surface area contributed by atoms with E-state index in [0.29, 0.717) is 12.4 Å². The molecule has 4 heteroatoms. The van der Waals surface area contributed by atoms with Gasteiger partial charge in [-0.3, -0.25) is 4.52 Å². The number of para-hydroxylation sites is 1. The van der Waals surface area contributed by atoms with Gasteiger partial charge in [-0.25, -0.2) is 4.57 Å². The highest BCUT2D eigenvalue weighted by molar-refractivity contribution is 7.53. The minimum atomic E-state index is -3.27. The summed E-state index contributed by atoms with van der Waals surface area (Å²) in [6.45, 7) is 2.17. The summed E-state index contributed by atoms with van der Waals surface area (Å²) >= 11 is 0. The number of hydrogen-bond acceptors (Lipinski definition) is 3. The van der Waals surface area contributed by atoms with Crippen molar-refractivity contribution in [1.29, 1.82) is 0 Å². The van der Waals surface area contributed by atoms with Gasteiger partial charge in [-0.15, -0.1) is 0 Å². The molecule has 0 aliphatic heterocycles. The molecular formula is C19H19O3P. The Kier molecular flexibility index (Phi) is 4.80. The van der Waals surface area contributed by atoms with Gasteiger partial charge in [0.2, 0.25) is 0 Å². The molecule has 0 saturated carbocycles. The van der Waals surface area contributed by atoms with Crippen molar-refractivity contribution in [1.82, 2.24) is 0 Å². The summed E-state index contributed by atoms with van der Waals surface area (Å²) < 4.78 is 24.4. The Morgan fingerprint density at radius 2 is 1.57 bits per heavy atom. The molecular weight excluding hydrogens is 307 g/mol. The lowest BCUT2D eigenvalue weighted by Gasteiger charge is -2.19. The summed E-state index contributed by atoms with van der Waals surface area (Å²) in [5.74, 6) is 0.560. The van der Waals surface area contributed by atoms with Crippen molar-refractivity contribution in [2.24, 2.45) is 0 Å². The normalized spacial score (nSPS) is 13.6. The Hall–Kier alpha value is -2.09. The van der Waals surface area contributed by atoms with Crippen molar-refractivity contribution in [3.05, 3.63) is 78.4 Å². The highest BCUT2D eigenvalue weighted by Gasteiger charge is 2.27. The SMILES string of the molecule is CCOP(=O)(Cc1cccc2ccccc12)Oc1ccccc1. The molecule has 1 unspecified atom stereocenters. The van der Waals surface area contributed by atoms with Crippen LogP contribution in [0.15, 0.2) is 72.8 Å². The molecule has 0 amide bonds. The molecule has 0 aromatic heterocycles. The van der Waals surface area contributed by atoms with Crippen molar-refractivity contribution in [3.8, 4) is 5.75 Å². The number of fused-ring (bicyclic) bond motifs is 1. The summed E-state index contributed by atoms with van der Waals surface area (Å²) in [7, 11) is -3.27. The summed E-state index contributed by atoms with van der Waals surface area (Å²) in [5.41, 5.74) is 0.968. The van der Waals surface area contributed by atoms with E-state index >= 15 is 0 Å². The second-order valence-electron chi connectivity index (χ2n) is 5.23. The van der Waals surface area contributed by atoms with Gasteiger partial charge in [0.15, 0.2) is 0 Å². The van der Waals surface area contributed by atoms with Crippen molar-refractivity contribution in [2.75, 3.05) is 6.61 Å². The number of benzene rings is 3. The molecule has 0 heterocycles. The lowest BCUT2D eigenvalue weighted by Crippen LogP contribution is -2.02. The van der Waals surface area contributed by atoms with Crippen molar-refractivity contribution >= 4 is 18.4 Å². The van der Waals surface area contributed by atoms with Crippen LogP contribution < -0.4 is 4.52 Å². The van der Waals surface area contributed by atoms with E-state index in [9.17, 15) is 4.57 Å². The van der Waals surface area contributed by atoms with E-state index in [1.807, 2.05) is 67.6 Å². The van der Waals surface area contributed by atoms with Gasteiger partial charge in [0.1, 0.15) is 5.75 Å². The Balaban J connectivity index is 1.93. The highest BCUT2D eigenvalue weighted by atomic mass is 31.2. The third-order valence-electron chi connectivity index (χ3n) is 3.56. The Bertz CT molecular complexity index is 825. The first-order valence-electron chi connectivity index (χ1n) is 7.65. The van der Waals surface area contributed by atoms with E-state index in [2.05, 4.69) is 0 Å². The zero-order chi connectivity index (χ0) is 16.1. The number of hydrogen-bond donors (Lipinski definition) is 0. The fourth-order valence-corrected chi connectivity index (χ4v) is 4.32. The molecule has 0 bridgehead atoms. The topological polar surface area (TPSA) is 35.5 Å². The van der Waals surface area contributed by atoms with E-state index in [4.69, 9.17) is 9.05 Å². The van der Waals surface area contributed by atoms with Crippen LogP contribution in [0, 0.1) is 0 Å². The van der Waals surface area contributed by atoms with E-state index in [1.54, 1.807) is 12.1 Å². The second kappa shape index (κ2) is 6.99. The third kappa shape index (κ3) is 3.82. The van der Waals surface area contributed by atoms with Gasteiger partial charge in [-0.1, -0.05) is 60.7 Å². The maximum Gasteiger partial charge on any atom is 0.383 e. The van der Waals surface area contributed by atoms with Crippen LogP contribution >= 0.6 is 7.60 Å². The third-order valence-corrected chi connectivity index (χ3v) is 5.43. The molecule has 23 heavy (non-hydrogen) atoms. The van der Waals surface area contributed by atoms with Gasteiger partial charge in [-0.2, -0.15) is 0 Å². The second-order valence-corrected chi connectivity index (χ2v) is 7.21. The first-order valence-corrected chi connectivity index (χ1v) is 9.38. The minimum Gasteiger partial charge on any atom is -0.424 e. The van der Waals surface area contributed by atoms with E-state index in [0.717, 1.165) is 16.3 Å². The van der Waals surface area contributed by atoms with Gasteiger partial charge >= 0.3 is 7.60 Å². The van der Waals surface area contributed by atoms with Crippen LogP contribution in [0.3, 0.4) is 0 Å². The molecule has 0 saturated heterocycles. The molecule has 0 spiro atoms. The fraction of sp³-hybridized carbons (Fsp3) is 0.158.